The first-order valence-electron chi connectivity index (χ1n) is 7.07. The minimum absolute atomic E-state index is 0.00605. The quantitative estimate of drug-likeness (QED) is 0.453. The van der Waals surface area contributed by atoms with Crippen LogP contribution >= 0.6 is 0 Å². The molecule has 0 aliphatic heterocycles. The third-order valence-electron chi connectivity index (χ3n) is 3.73. The van der Waals surface area contributed by atoms with E-state index in [1.54, 1.807) is 0 Å². The maximum absolute atomic E-state index is 10.6. The van der Waals surface area contributed by atoms with E-state index in [0.29, 0.717) is 5.92 Å². The molecule has 21 heavy (non-hydrogen) atoms. The second kappa shape index (κ2) is 7.51. The molecule has 2 atom stereocenters. The molecule has 0 saturated carbocycles. The van der Waals surface area contributed by atoms with Gasteiger partial charge in [0.1, 0.15) is 0 Å². The Morgan fingerprint density at radius 2 is 2.05 bits per heavy atom. The molecule has 0 saturated heterocycles. The number of hydrogen-bond acceptors (Lipinski definition) is 4. The fourth-order valence-corrected chi connectivity index (χ4v) is 2.67. The van der Waals surface area contributed by atoms with E-state index in [9.17, 15) is 15.3 Å². The first-order chi connectivity index (χ1) is 9.95. The molecule has 0 fully saturated rings. The molecule has 1 rings (SSSR count). The topological polar surface area (TPSA) is 73.9 Å². The molecule has 0 spiro atoms. The van der Waals surface area contributed by atoms with Crippen molar-refractivity contribution in [1.82, 2.24) is 0 Å². The van der Waals surface area contributed by atoms with E-state index in [2.05, 4.69) is 37.8 Å². The molecule has 4 nitrogen and oxygen atoms in total. The standard InChI is InChI=1S/C17H20N2O2/c1-13-6-7-16(14(2)10-13)17(11-18,12-19)8-4-5-9-21-15(3)20/h7,13-14H,6,8-10H2,1-3H3/t13-,14+/m0/s1. The number of rotatable bonds is 3. The third kappa shape index (κ3) is 4.37. The summed E-state index contributed by atoms with van der Waals surface area (Å²) in [5.41, 5.74) is -0.310. The van der Waals surface area contributed by atoms with Gasteiger partial charge in [-0.15, -0.1) is 0 Å². The number of nitriles is 2. The SMILES string of the molecule is CC(=O)OCC#CCC(C#N)(C#N)C1=CC[C@H](C)C[C@H]1C. The maximum Gasteiger partial charge on any atom is 0.303 e. The van der Waals surface area contributed by atoms with Crippen LogP contribution in [0.3, 0.4) is 0 Å². The number of nitrogens with zero attached hydrogens (tertiary/aromatic N) is 2. The van der Waals surface area contributed by atoms with Gasteiger partial charge in [-0.25, -0.2) is 0 Å². The fraction of sp³-hybridized carbons (Fsp3) is 0.588. The van der Waals surface area contributed by atoms with Crippen molar-refractivity contribution >= 4 is 5.97 Å². The number of carbonyl (C=O) groups excluding carboxylic acids is 1. The Balaban J connectivity index is 2.87. The molecule has 0 bridgehead atoms. The molecule has 0 aromatic heterocycles. The van der Waals surface area contributed by atoms with Crippen LogP contribution in [0.5, 0.6) is 0 Å². The summed E-state index contributed by atoms with van der Waals surface area (Å²) in [5.74, 6) is 5.87. The lowest BCUT2D eigenvalue weighted by molar-refractivity contribution is -0.139. The summed E-state index contributed by atoms with van der Waals surface area (Å²) in [4.78, 5) is 10.6. The molecule has 1 aliphatic carbocycles. The fourth-order valence-electron chi connectivity index (χ4n) is 2.67. The maximum atomic E-state index is 10.6. The van der Waals surface area contributed by atoms with Crippen LogP contribution in [-0.4, -0.2) is 12.6 Å². The van der Waals surface area contributed by atoms with Gasteiger partial charge < -0.3 is 4.74 Å². The van der Waals surface area contributed by atoms with E-state index in [1.807, 2.05) is 6.08 Å². The van der Waals surface area contributed by atoms with Gasteiger partial charge in [-0.05, 0) is 30.3 Å². The average molecular weight is 284 g/mol. The highest BCUT2D eigenvalue weighted by Crippen LogP contribution is 2.41. The molecule has 0 radical (unpaired) electrons. The van der Waals surface area contributed by atoms with E-state index in [4.69, 9.17) is 4.74 Å². The lowest BCUT2D eigenvalue weighted by Crippen LogP contribution is -2.26. The van der Waals surface area contributed by atoms with Crippen LogP contribution in [0, 0.1) is 51.8 Å². The highest BCUT2D eigenvalue weighted by Gasteiger charge is 2.38. The van der Waals surface area contributed by atoms with Crippen molar-refractivity contribution in [3.05, 3.63) is 11.6 Å². The lowest BCUT2D eigenvalue weighted by Gasteiger charge is -2.31. The van der Waals surface area contributed by atoms with Gasteiger partial charge in [0.05, 0.1) is 12.1 Å². The second-order valence-electron chi connectivity index (χ2n) is 5.58. The largest absolute Gasteiger partial charge is 0.453 e. The Morgan fingerprint density at radius 1 is 1.38 bits per heavy atom. The molecule has 0 aromatic carbocycles. The van der Waals surface area contributed by atoms with Crippen LogP contribution in [-0.2, 0) is 9.53 Å². The van der Waals surface area contributed by atoms with Gasteiger partial charge in [0.2, 0.25) is 0 Å². The molecule has 4 heteroatoms. The smallest absolute Gasteiger partial charge is 0.303 e. The zero-order valence-corrected chi connectivity index (χ0v) is 12.8. The number of esters is 1. The Kier molecular flexibility index (Phi) is 6.01. The molecular formula is C17H20N2O2. The van der Waals surface area contributed by atoms with Crippen LogP contribution < -0.4 is 0 Å². The van der Waals surface area contributed by atoms with E-state index in [1.165, 1.54) is 6.92 Å². The van der Waals surface area contributed by atoms with E-state index in [-0.39, 0.29) is 18.9 Å². The zero-order valence-electron chi connectivity index (χ0n) is 12.8. The lowest BCUT2D eigenvalue weighted by atomic mass is 9.69. The van der Waals surface area contributed by atoms with Crippen LogP contribution in [0.1, 0.15) is 40.0 Å². The van der Waals surface area contributed by atoms with E-state index < -0.39 is 11.4 Å². The minimum atomic E-state index is -1.19. The Bertz CT molecular complexity index is 552. The summed E-state index contributed by atoms with van der Waals surface area (Å²) < 4.78 is 4.71. The zero-order chi connectivity index (χ0) is 15.9. The van der Waals surface area contributed by atoms with Crippen LogP contribution in [0.15, 0.2) is 11.6 Å². The predicted octanol–water partition coefficient (Wildman–Crippen LogP) is 2.97. The second-order valence-corrected chi connectivity index (χ2v) is 5.58. The van der Waals surface area contributed by atoms with E-state index >= 15 is 0 Å². The number of allylic oxidation sites excluding steroid dienone is 2. The van der Waals surface area contributed by atoms with E-state index in [0.717, 1.165) is 18.4 Å². The van der Waals surface area contributed by atoms with Gasteiger partial charge in [-0.2, -0.15) is 10.5 Å². The first kappa shape index (κ1) is 16.8. The molecule has 0 amide bonds. The van der Waals surface area contributed by atoms with Gasteiger partial charge in [-0.1, -0.05) is 31.8 Å². The predicted molar refractivity (Wildman–Crippen MR) is 78.3 cm³/mol. The summed E-state index contributed by atoms with van der Waals surface area (Å²) in [6.45, 7) is 5.53. The Labute approximate surface area is 126 Å². The Morgan fingerprint density at radius 3 is 2.57 bits per heavy atom. The molecule has 0 N–H and O–H groups in total. The molecule has 1 aliphatic rings. The molecule has 0 aromatic rings. The summed E-state index contributed by atoms with van der Waals surface area (Å²) in [6, 6.07) is 4.28. The van der Waals surface area contributed by atoms with Crippen LogP contribution in [0.25, 0.3) is 0 Å². The van der Waals surface area contributed by atoms with Crippen molar-refractivity contribution in [1.29, 1.82) is 10.5 Å². The first-order valence-corrected chi connectivity index (χ1v) is 7.07. The molecular weight excluding hydrogens is 264 g/mol. The van der Waals surface area contributed by atoms with Gasteiger partial charge in [-0.3, -0.25) is 4.79 Å². The number of ether oxygens (including phenoxy) is 1. The molecule has 0 unspecified atom stereocenters. The van der Waals surface area contributed by atoms with Gasteiger partial charge >= 0.3 is 5.97 Å². The van der Waals surface area contributed by atoms with Crippen molar-refractivity contribution < 1.29 is 9.53 Å². The van der Waals surface area contributed by atoms with Crippen molar-refractivity contribution in [2.24, 2.45) is 17.3 Å². The highest BCUT2D eigenvalue weighted by molar-refractivity contribution is 5.66. The summed E-state index contributed by atoms with van der Waals surface area (Å²) in [6.07, 6.45) is 4.05. The normalized spacial score (nSPS) is 21.1. The summed E-state index contributed by atoms with van der Waals surface area (Å²) in [7, 11) is 0. The van der Waals surface area contributed by atoms with Gasteiger partial charge in [0.15, 0.2) is 12.0 Å². The molecule has 0 heterocycles. The third-order valence-corrected chi connectivity index (χ3v) is 3.73. The van der Waals surface area contributed by atoms with Crippen LogP contribution in [0.2, 0.25) is 0 Å². The summed E-state index contributed by atoms with van der Waals surface area (Å²) in [5, 5.41) is 19.0. The van der Waals surface area contributed by atoms with Crippen molar-refractivity contribution in [2.45, 2.75) is 40.0 Å². The monoisotopic (exact) mass is 284 g/mol. The van der Waals surface area contributed by atoms with Gasteiger partial charge in [0.25, 0.3) is 0 Å². The number of carbonyl (C=O) groups is 1. The summed E-state index contributed by atoms with van der Waals surface area (Å²) >= 11 is 0. The molecule has 110 valence electrons. The van der Waals surface area contributed by atoms with Crippen molar-refractivity contribution in [2.75, 3.05) is 6.61 Å². The van der Waals surface area contributed by atoms with Gasteiger partial charge in [0, 0.05) is 13.3 Å². The minimum Gasteiger partial charge on any atom is -0.453 e. The Hall–Kier alpha value is -2.25. The van der Waals surface area contributed by atoms with Crippen LogP contribution in [0.4, 0.5) is 0 Å². The van der Waals surface area contributed by atoms with Crippen molar-refractivity contribution in [3.63, 3.8) is 0 Å². The average Bonchev–Trinajstić information content (AvgIpc) is 2.44. The van der Waals surface area contributed by atoms with Crippen molar-refractivity contribution in [3.8, 4) is 24.0 Å². The number of hydrogen-bond donors (Lipinski definition) is 0. The highest BCUT2D eigenvalue weighted by atomic mass is 16.5.